The molecular formula is C25H18BrCl3N2O3. The molecule has 9 heteroatoms. The van der Waals surface area contributed by atoms with E-state index >= 15 is 0 Å². The van der Waals surface area contributed by atoms with Gasteiger partial charge >= 0.3 is 0 Å². The fraction of sp³-hybridized carbons (Fsp3) is 0.120. The topological polar surface area (TPSA) is 71.3 Å². The quantitative estimate of drug-likeness (QED) is 0.217. The Morgan fingerprint density at radius 3 is 2.50 bits per heavy atom. The molecule has 1 N–H and O–H groups in total. The van der Waals surface area contributed by atoms with Crippen LogP contribution < -0.4 is 14.8 Å². The van der Waals surface area contributed by atoms with Crippen molar-refractivity contribution in [1.29, 1.82) is 5.26 Å². The second-order valence-electron chi connectivity index (χ2n) is 6.90. The molecule has 0 fully saturated rings. The monoisotopic (exact) mass is 578 g/mol. The van der Waals surface area contributed by atoms with Gasteiger partial charge < -0.3 is 14.8 Å². The molecule has 0 bridgehead atoms. The summed E-state index contributed by atoms with van der Waals surface area (Å²) in [6, 6.07) is 17.5. The molecule has 0 unspecified atom stereocenters. The summed E-state index contributed by atoms with van der Waals surface area (Å²) in [6.45, 7) is 2.48. The summed E-state index contributed by atoms with van der Waals surface area (Å²) in [6.07, 6.45) is 1.42. The highest BCUT2D eigenvalue weighted by atomic mass is 79.9. The van der Waals surface area contributed by atoms with Crippen LogP contribution >= 0.6 is 50.7 Å². The lowest BCUT2D eigenvalue weighted by Gasteiger charge is -2.15. The molecule has 174 valence electrons. The van der Waals surface area contributed by atoms with Crippen LogP contribution in [0.2, 0.25) is 15.1 Å². The van der Waals surface area contributed by atoms with Crippen LogP contribution in [0.15, 0.2) is 64.6 Å². The molecule has 5 nitrogen and oxygen atoms in total. The molecule has 0 aliphatic carbocycles. The van der Waals surface area contributed by atoms with Crippen molar-refractivity contribution >= 4 is 68.4 Å². The van der Waals surface area contributed by atoms with Crippen molar-refractivity contribution in [2.45, 2.75) is 13.5 Å². The van der Waals surface area contributed by atoms with Crippen LogP contribution in [-0.4, -0.2) is 12.5 Å². The normalized spacial score (nSPS) is 11.0. The molecule has 0 aromatic heterocycles. The number of nitrogens with one attached hydrogen (secondary N) is 1. The Balaban J connectivity index is 1.86. The van der Waals surface area contributed by atoms with Gasteiger partial charge in [0.2, 0.25) is 0 Å². The molecule has 0 aliphatic rings. The summed E-state index contributed by atoms with van der Waals surface area (Å²) in [5, 5.41) is 13.1. The Bertz CT molecular complexity index is 1290. The van der Waals surface area contributed by atoms with Gasteiger partial charge in [0.15, 0.2) is 11.5 Å². The fourth-order valence-electron chi connectivity index (χ4n) is 2.93. The molecular weight excluding hydrogens is 563 g/mol. The third-order valence-electron chi connectivity index (χ3n) is 4.52. The maximum absolute atomic E-state index is 12.6. The first-order valence-electron chi connectivity index (χ1n) is 10.0. The highest BCUT2D eigenvalue weighted by Gasteiger charge is 2.16. The minimum atomic E-state index is -0.607. The van der Waals surface area contributed by atoms with Gasteiger partial charge in [0.05, 0.1) is 21.7 Å². The van der Waals surface area contributed by atoms with E-state index in [1.165, 1.54) is 12.1 Å². The van der Waals surface area contributed by atoms with Crippen molar-refractivity contribution < 1.29 is 14.3 Å². The third kappa shape index (κ3) is 6.68. The summed E-state index contributed by atoms with van der Waals surface area (Å²) in [5.41, 5.74) is 1.72. The molecule has 3 rings (SSSR count). The van der Waals surface area contributed by atoms with Gasteiger partial charge in [0.1, 0.15) is 18.2 Å². The molecule has 0 atom stereocenters. The number of anilines is 1. The number of hydrogen-bond acceptors (Lipinski definition) is 4. The molecule has 1 amide bonds. The number of hydrogen-bond donors (Lipinski definition) is 1. The minimum Gasteiger partial charge on any atom is -0.490 e. The Kier molecular flexibility index (Phi) is 9.26. The number of rotatable bonds is 8. The van der Waals surface area contributed by atoms with Crippen LogP contribution in [0.5, 0.6) is 11.5 Å². The number of halogens is 4. The molecule has 34 heavy (non-hydrogen) atoms. The molecule has 3 aromatic carbocycles. The maximum Gasteiger partial charge on any atom is 0.266 e. The lowest BCUT2D eigenvalue weighted by molar-refractivity contribution is -0.112. The first kappa shape index (κ1) is 25.9. The average Bonchev–Trinajstić information content (AvgIpc) is 2.80. The van der Waals surface area contributed by atoms with E-state index < -0.39 is 5.91 Å². The van der Waals surface area contributed by atoms with Crippen LogP contribution in [0, 0.1) is 11.3 Å². The van der Waals surface area contributed by atoms with Crippen molar-refractivity contribution in [3.63, 3.8) is 0 Å². The van der Waals surface area contributed by atoms with E-state index in [1.807, 2.05) is 37.3 Å². The smallest absolute Gasteiger partial charge is 0.266 e. The van der Waals surface area contributed by atoms with Gasteiger partial charge in [-0.25, -0.2) is 0 Å². The van der Waals surface area contributed by atoms with Crippen molar-refractivity contribution in [2.24, 2.45) is 0 Å². The zero-order valence-corrected chi connectivity index (χ0v) is 21.7. The maximum atomic E-state index is 12.6. The minimum absolute atomic E-state index is 0.133. The Morgan fingerprint density at radius 1 is 1.06 bits per heavy atom. The number of carbonyl (C=O) groups excluding carboxylic acids is 1. The SMILES string of the molecule is CCOc1cc(/C=C(\C#N)C(=O)Nc2ccc(Cl)c(Cl)c2)cc(Cl)c1OCc1ccccc1Br. The Labute approximate surface area is 221 Å². The predicted molar refractivity (Wildman–Crippen MR) is 140 cm³/mol. The van der Waals surface area contributed by atoms with E-state index in [0.29, 0.717) is 34.4 Å². The first-order valence-corrected chi connectivity index (χ1v) is 12.0. The first-order chi connectivity index (χ1) is 16.3. The van der Waals surface area contributed by atoms with Crippen molar-refractivity contribution in [3.8, 4) is 17.6 Å². The molecule has 0 radical (unpaired) electrons. The molecule has 0 saturated carbocycles. The predicted octanol–water partition coefficient (Wildman–Crippen LogP) is 7.93. The summed E-state index contributed by atoms with van der Waals surface area (Å²) < 4.78 is 12.6. The van der Waals surface area contributed by atoms with Crippen molar-refractivity contribution in [2.75, 3.05) is 11.9 Å². The van der Waals surface area contributed by atoms with Gasteiger partial charge in [0.25, 0.3) is 5.91 Å². The van der Waals surface area contributed by atoms with Crippen LogP contribution in [0.3, 0.4) is 0 Å². The number of nitriles is 1. The van der Waals surface area contributed by atoms with E-state index in [4.69, 9.17) is 44.3 Å². The van der Waals surface area contributed by atoms with E-state index in [9.17, 15) is 10.1 Å². The average molecular weight is 581 g/mol. The van der Waals surface area contributed by atoms with Crippen LogP contribution in [0.1, 0.15) is 18.1 Å². The standard InChI is InChI=1S/C25H18BrCl3N2O3/c1-2-33-23-11-15(10-22(29)24(23)34-14-16-5-3-4-6-19(16)26)9-17(13-30)25(32)31-18-7-8-20(27)21(28)12-18/h3-12H,2,14H2,1H3,(H,31,32)/b17-9+. The van der Waals surface area contributed by atoms with Gasteiger partial charge in [-0.1, -0.05) is 68.9 Å². The summed E-state index contributed by atoms with van der Waals surface area (Å²) in [7, 11) is 0. The van der Waals surface area contributed by atoms with Gasteiger partial charge in [-0.05, 0) is 55.0 Å². The molecule has 3 aromatic rings. The summed E-state index contributed by atoms with van der Waals surface area (Å²) in [5.74, 6) is 0.162. The lowest BCUT2D eigenvalue weighted by atomic mass is 10.1. The highest BCUT2D eigenvalue weighted by molar-refractivity contribution is 9.10. The number of ether oxygens (including phenoxy) is 2. The van der Waals surface area contributed by atoms with E-state index in [1.54, 1.807) is 24.3 Å². The van der Waals surface area contributed by atoms with E-state index in [2.05, 4.69) is 21.2 Å². The largest absolute Gasteiger partial charge is 0.490 e. The van der Waals surface area contributed by atoms with Crippen molar-refractivity contribution in [1.82, 2.24) is 0 Å². The van der Waals surface area contributed by atoms with Gasteiger partial charge in [0, 0.05) is 15.7 Å². The Hall–Kier alpha value is -2.69. The van der Waals surface area contributed by atoms with Gasteiger partial charge in [-0.3, -0.25) is 4.79 Å². The number of amides is 1. The van der Waals surface area contributed by atoms with Crippen LogP contribution in [0.4, 0.5) is 5.69 Å². The highest BCUT2D eigenvalue weighted by Crippen LogP contribution is 2.38. The van der Waals surface area contributed by atoms with Crippen LogP contribution in [-0.2, 0) is 11.4 Å². The second kappa shape index (κ2) is 12.1. The third-order valence-corrected chi connectivity index (χ3v) is 6.31. The second-order valence-corrected chi connectivity index (χ2v) is 8.97. The summed E-state index contributed by atoms with van der Waals surface area (Å²) in [4.78, 5) is 12.6. The fourth-order valence-corrected chi connectivity index (χ4v) is 3.90. The zero-order chi connectivity index (χ0) is 24.7. The van der Waals surface area contributed by atoms with Crippen LogP contribution in [0.25, 0.3) is 6.08 Å². The number of carbonyl (C=O) groups is 1. The van der Waals surface area contributed by atoms with E-state index in [0.717, 1.165) is 10.0 Å². The Morgan fingerprint density at radius 2 is 1.82 bits per heavy atom. The molecule has 0 aliphatic heterocycles. The number of nitrogens with zero attached hydrogens (tertiary/aromatic N) is 1. The molecule has 0 heterocycles. The summed E-state index contributed by atoms with van der Waals surface area (Å²) >= 11 is 21.9. The van der Waals surface area contributed by atoms with Gasteiger partial charge in [-0.15, -0.1) is 0 Å². The molecule has 0 spiro atoms. The lowest BCUT2D eigenvalue weighted by Crippen LogP contribution is -2.13. The molecule has 0 saturated heterocycles. The van der Waals surface area contributed by atoms with Gasteiger partial charge in [-0.2, -0.15) is 5.26 Å². The zero-order valence-electron chi connectivity index (χ0n) is 17.9. The van der Waals surface area contributed by atoms with E-state index in [-0.39, 0.29) is 22.2 Å². The van der Waals surface area contributed by atoms with Crippen molar-refractivity contribution in [3.05, 3.63) is 90.8 Å². The number of benzene rings is 3.